The van der Waals surface area contributed by atoms with Crippen LogP contribution in [0.1, 0.15) is 103 Å². The molecule has 1 aromatic rings. The molecule has 2 fully saturated rings. The van der Waals surface area contributed by atoms with Crippen molar-refractivity contribution in [3.8, 4) is 0 Å². The van der Waals surface area contributed by atoms with Gasteiger partial charge in [-0.05, 0) is 96.9 Å². The quantitative estimate of drug-likeness (QED) is 0.375. The highest BCUT2D eigenvalue weighted by atomic mass is 32.1. The molecule has 3 heteroatoms. The van der Waals surface area contributed by atoms with Gasteiger partial charge in [0.15, 0.2) is 5.13 Å². The maximum absolute atomic E-state index is 4.96. The van der Waals surface area contributed by atoms with Crippen LogP contribution in [-0.4, -0.2) is 11.5 Å². The van der Waals surface area contributed by atoms with E-state index in [1.54, 1.807) is 5.57 Å². The van der Waals surface area contributed by atoms with Gasteiger partial charge in [0, 0.05) is 6.54 Å². The van der Waals surface area contributed by atoms with Crippen LogP contribution >= 0.6 is 11.3 Å². The third kappa shape index (κ3) is 4.02. The number of nitrogens with zero attached hydrogens (tertiary/aromatic N) is 1. The van der Waals surface area contributed by atoms with Gasteiger partial charge in [0.25, 0.3) is 0 Å². The van der Waals surface area contributed by atoms with Gasteiger partial charge >= 0.3 is 0 Å². The van der Waals surface area contributed by atoms with Crippen LogP contribution in [-0.2, 0) is 6.42 Å². The van der Waals surface area contributed by atoms with Crippen molar-refractivity contribution in [1.82, 2.24) is 4.98 Å². The largest absolute Gasteiger partial charge is 0.358 e. The van der Waals surface area contributed by atoms with Crippen LogP contribution in [0.5, 0.6) is 0 Å². The van der Waals surface area contributed by atoms with E-state index in [-0.39, 0.29) is 0 Å². The predicted molar refractivity (Wildman–Crippen MR) is 148 cm³/mol. The summed E-state index contributed by atoms with van der Waals surface area (Å²) in [5, 5.41) is 4.53. The van der Waals surface area contributed by atoms with Crippen molar-refractivity contribution in [2.45, 2.75) is 98.8 Å². The summed E-state index contributed by atoms with van der Waals surface area (Å²) in [6.45, 7) is 17.3. The number of allylic oxidation sites excluding steroid dienone is 2. The van der Waals surface area contributed by atoms with Crippen molar-refractivity contribution < 1.29 is 0 Å². The zero-order valence-corrected chi connectivity index (χ0v) is 23.3. The van der Waals surface area contributed by atoms with Gasteiger partial charge in [-0.3, -0.25) is 0 Å². The van der Waals surface area contributed by atoms with E-state index in [1.165, 1.54) is 68.4 Å². The number of aryl methyl sites for hydroxylation is 1. The van der Waals surface area contributed by atoms with Gasteiger partial charge in [-0.25, -0.2) is 4.98 Å². The first-order valence-corrected chi connectivity index (χ1v) is 15.1. The van der Waals surface area contributed by atoms with Gasteiger partial charge in [-0.2, -0.15) is 0 Å². The molecule has 0 amide bonds. The number of aromatic nitrogens is 1. The molecular formula is C31H48N2S. The molecule has 1 heterocycles. The fraction of sp³-hybridized carbons (Fsp3) is 0.774. The van der Waals surface area contributed by atoms with Crippen molar-refractivity contribution in [3.05, 3.63) is 29.3 Å². The molecule has 5 rings (SSSR count). The minimum atomic E-state index is 0.348. The summed E-state index contributed by atoms with van der Waals surface area (Å²) in [6, 6.07) is 0. The summed E-state index contributed by atoms with van der Waals surface area (Å²) in [5.41, 5.74) is 3.92. The molecule has 34 heavy (non-hydrogen) atoms. The molecule has 0 saturated heterocycles. The number of nitrogens with one attached hydrogen (secondary N) is 1. The van der Waals surface area contributed by atoms with Gasteiger partial charge in [0.2, 0.25) is 0 Å². The molecule has 7 atom stereocenters. The van der Waals surface area contributed by atoms with Crippen LogP contribution in [0.3, 0.4) is 0 Å². The van der Waals surface area contributed by atoms with Crippen molar-refractivity contribution in [3.63, 3.8) is 0 Å². The molecule has 0 unspecified atom stereocenters. The molecule has 0 bridgehead atoms. The third-order valence-corrected chi connectivity index (χ3v) is 12.0. The van der Waals surface area contributed by atoms with E-state index >= 15 is 0 Å². The van der Waals surface area contributed by atoms with Gasteiger partial charge in [0.05, 0.1) is 10.6 Å². The predicted octanol–water partition coefficient (Wildman–Crippen LogP) is 9.00. The van der Waals surface area contributed by atoms with E-state index in [9.17, 15) is 0 Å². The fourth-order valence-electron chi connectivity index (χ4n) is 9.14. The minimum absolute atomic E-state index is 0.348. The second kappa shape index (κ2) is 9.41. The fourth-order valence-corrected chi connectivity index (χ4v) is 10.3. The highest BCUT2D eigenvalue weighted by molar-refractivity contribution is 7.16. The summed E-state index contributed by atoms with van der Waals surface area (Å²) < 4.78 is 0. The standard InChI is InChI=1S/C31H48N2S/c1-7-19-32-29-33-27-16-18-31(6)25-15-17-30(5)23(21(4)10-8-9-20(2)3)13-14-24(30)22(25)11-12-26(31)28(27)34-29/h7,12,20-25H,1,8-11,13-19H2,2-6H3,(H,32,33)/t21-,22+,23-,24+,25+,30-,31-/m1/s1. The molecule has 2 saturated carbocycles. The third-order valence-electron chi connectivity index (χ3n) is 10.9. The summed E-state index contributed by atoms with van der Waals surface area (Å²) in [7, 11) is 0. The van der Waals surface area contributed by atoms with E-state index in [4.69, 9.17) is 4.98 Å². The Morgan fingerprint density at radius 1 is 1.15 bits per heavy atom. The molecule has 1 aromatic heterocycles. The highest BCUT2D eigenvalue weighted by Crippen LogP contribution is 2.68. The normalized spacial score (nSPS) is 37.3. The lowest BCUT2D eigenvalue weighted by Crippen LogP contribution is -2.49. The molecule has 2 nitrogen and oxygen atoms in total. The zero-order valence-electron chi connectivity index (χ0n) is 22.5. The van der Waals surface area contributed by atoms with Crippen LogP contribution in [0.2, 0.25) is 0 Å². The Bertz CT molecular complexity index is 928. The minimum Gasteiger partial charge on any atom is -0.358 e. The second-order valence-corrected chi connectivity index (χ2v) is 14.1. The van der Waals surface area contributed by atoms with Crippen LogP contribution in [0.25, 0.3) is 5.57 Å². The lowest BCUT2D eigenvalue weighted by Gasteiger charge is -2.57. The van der Waals surface area contributed by atoms with Crippen LogP contribution in [0.4, 0.5) is 5.13 Å². The van der Waals surface area contributed by atoms with Crippen molar-refractivity contribution in [2.24, 2.45) is 46.3 Å². The lowest BCUT2D eigenvalue weighted by atomic mass is 9.47. The van der Waals surface area contributed by atoms with Gasteiger partial charge in [-0.15, -0.1) is 6.58 Å². The van der Waals surface area contributed by atoms with Gasteiger partial charge in [0.1, 0.15) is 0 Å². The summed E-state index contributed by atoms with van der Waals surface area (Å²) in [5.74, 6) is 5.38. The van der Waals surface area contributed by atoms with E-state index < -0.39 is 0 Å². The lowest BCUT2D eigenvalue weighted by molar-refractivity contribution is -0.0392. The average Bonchev–Trinajstić information content (AvgIpc) is 3.37. The van der Waals surface area contributed by atoms with Crippen LogP contribution in [0.15, 0.2) is 18.7 Å². The number of hydrogen-bond donors (Lipinski definition) is 1. The number of rotatable bonds is 8. The Balaban J connectivity index is 1.36. The Morgan fingerprint density at radius 3 is 2.74 bits per heavy atom. The molecule has 1 N–H and O–H groups in total. The Labute approximate surface area is 213 Å². The maximum atomic E-state index is 4.96. The Morgan fingerprint density at radius 2 is 1.97 bits per heavy atom. The zero-order chi connectivity index (χ0) is 24.1. The summed E-state index contributed by atoms with van der Waals surface area (Å²) in [4.78, 5) is 6.46. The Kier molecular flexibility index (Phi) is 6.81. The second-order valence-electron chi connectivity index (χ2n) is 13.1. The molecule has 0 aromatic carbocycles. The molecule has 0 spiro atoms. The van der Waals surface area contributed by atoms with Crippen LogP contribution < -0.4 is 5.32 Å². The monoisotopic (exact) mass is 480 g/mol. The number of anilines is 1. The van der Waals surface area contributed by atoms with Gasteiger partial charge < -0.3 is 5.32 Å². The molecule has 188 valence electrons. The summed E-state index contributed by atoms with van der Waals surface area (Å²) >= 11 is 1.89. The number of hydrogen-bond acceptors (Lipinski definition) is 3. The number of thiazole rings is 1. The Hall–Kier alpha value is -1.09. The molecular weight excluding hydrogens is 432 g/mol. The van der Waals surface area contributed by atoms with Gasteiger partial charge in [-0.1, -0.05) is 77.4 Å². The smallest absolute Gasteiger partial charge is 0.183 e. The number of fused-ring (bicyclic) bond motifs is 7. The van der Waals surface area contributed by atoms with Crippen LogP contribution in [0, 0.1) is 46.3 Å². The van der Waals surface area contributed by atoms with Crippen molar-refractivity contribution in [1.29, 1.82) is 0 Å². The van der Waals surface area contributed by atoms with E-state index in [2.05, 4.69) is 52.6 Å². The molecule has 0 radical (unpaired) electrons. The average molecular weight is 481 g/mol. The van der Waals surface area contributed by atoms with Crippen molar-refractivity contribution in [2.75, 3.05) is 11.9 Å². The first-order chi connectivity index (χ1) is 16.3. The van der Waals surface area contributed by atoms with E-state index in [0.717, 1.165) is 53.6 Å². The van der Waals surface area contributed by atoms with Crippen molar-refractivity contribution >= 4 is 22.0 Å². The summed E-state index contributed by atoms with van der Waals surface area (Å²) in [6.07, 6.45) is 18.5. The topological polar surface area (TPSA) is 24.9 Å². The first-order valence-electron chi connectivity index (χ1n) is 14.3. The maximum Gasteiger partial charge on any atom is 0.183 e. The van der Waals surface area contributed by atoms with E-state index in [0.29, 0.717) is 10.8 Å². The highest BCUT2D eigenvalue weighted by Gasteiger charge is 2.59. The SMILES string of the molecule is C=CCNc1nc2c(s1)C1=CC[C@H]3[C@@H]4CC[C@H]([C@H](C)CCCC(C)C)[C@@]4(C)CC[C@@H]3[C@@]1(C)CC2. The molecule has 0 aliphatic heterocycles. The molecule has 4 aliphatic carbocycles. The first kappa shape index (κ1) is 24.6. The molecule has 4 aliphatic rings. The van der Waals surface area contributed by atoms with E-state index in [1.807, 2.05) is 17.4 Å².